The molecule has 2 unspecified atom stereocenters. The largest absolute Gasteiger partial charge is 0.384 e. The molecular formula is C22H31N3O4. The normalized spacial score (nSPS) is 21.3. The van der Waals surface area contributed by atoms with Crippen molar-refractivity contribution in [2.45, 2.75) is 44.7 Å². The van der Waals surface area contributed by atoms with Crippen molar-refractivity contribution in [3.8, 4) is 0 Å². The third kappa shape index (κ3) is 5.35. The Morgan fingerprint density at radius 3 is 2.55 bits per heavy atom. The van der Waals surface area contributed by atoms with Gasteiger partial charge in [-0.25, -0.2) is 0 Å². The average molecular weight is 402 g/mol. The van der Waals surface area contributed by atoms with Crippen molar-refractivity contribution in [2.75, 3.05) is 33.4 Å². The van der Waals surface area contributed by atoms with Crippen LogP contribution in [0.25, 0.3) is 0 Å². The number of carbonyl (C=O) groups is 3. The van der Waals surface area contributed by atoms with E-state index in [2.05, 4.69) is 5.32 Å². The van der Waals surface area contributed by atoms with Crippen molar-refractivity contribution in [3.05, 3.63) is 35.9 Å². The van der Waals surface area contributed by atoms with Crippen LogP contribution in [0.2, 0.25) is 0 Å². The van der Waals surface area contributed by atoms with Gasteiger partial charge in [0, 0.05) is 45.6 Å². The zero-order chi connectivity index (χ0) is 20.8. The predicted octanol–water partition coefficient (Wildman–Crippen LogP) is 1.74. The Morgan fingerprint density at radius 1 is 1.21 bits per heavy atom. The van der Waals surface area contributed by atoms with Crippen molar-refractivity contribution in [1.29, 1.82) is 0 Å². The van der Waals surface area contributed by atoms with Gasteiger partial charge in [0.05, 0.1) is 18.6 Å². The first-order valence-corrected chi connectivity index (χ1v) is 10.4. The van der Waals surface area contributed by atoms with E-state index in [9.17, 15) is 14.4 Å². The van der Waals surface area contributed by atoms with Crippen LogP contribution in [0.15, 0.2) is 30.3 Å². The molecule has 1 aromatic rings. The van der Waals surface area contributed by atoms with Crippen LogP contribution in [0.1, 0.15) is 44.2 Å². The maximum Gasteiger partial charge on any atom is 0.227 e. The van der Waals surface area contributed by atoms with Crippen LogP contribution in [-0.4, -0.2) is 66.9 Å². The Labute approximate surface area is 172 Å². The van der Waals surface area contributed by atoms with Crippen LogP contribution in [0.4, 0.5) is 0 Å². The number of rotatable bonds is 7. The number of hydrogen-bond donors (Lipinski definition) is 1. The van der Waals surface area contributed by atoms with E-state index >= 15 is 0 Å². The molecule has 7 nitrogen and oxygen atoms in total. The molecule has 2 aliphatic rings. The van der Waals surface area contributed by atoms with Crippen molar-refractivity contribution < 1.29 is 19.1 Å². The summed E-state index contributed by atoms with van der Waals surface area (Å²) in [5.41, 5.74) is 1.08. The second-order valence-electron chi connectivity index (χ2n) is 7.94. The molecule has 3 rings (SSSR count). The second kappa shape index (κ2) is 9.87. The molecule has 2 saturated heterocycles. The van der Waals surface area contributed by atoms with Gasteiger partial charge in [0.1, 0.15) is 0 Å². The minimum Gasteiger partial charge on any atom is -0.384 e. The summed E-state index contributed by atoms with van der Waals surface area (Å²) >= 11 is 0. The summed E-state index contributed by atoms with van der Waals surface area (Å²) in [6.07, 6.45) is 2.13. The highest BCUT2D eigenvalue weighted by Gasteiger charge is 2.39. The van der Waals surface area contributed by atoms with Gasteiger partial charge in [-0.1, -0.05) is 30.3 Å². The lowest BCUT2D eigenvalue weighted by molar-refractivity contribution is -0.137. The first-order chi connectivity index (χ1) is 14.0. The Balaban J connectivity index is 1.49. The zero-order valence-electron chi connectivity index (χ0n) is 17.3. The highest BCUT2D eigenvalue weighted by atomic mass is 16.5. The average Bonchev–Trinajstić information content (AvgIpc) is 3.14. The predicted molar refractivity (Wildman–Crippen MR) is 109 cm³/mol. The molecule has 7 heteroatoms. The van der Waals surface area contributed by atoms with Crippen molar-refractivity contribution in [3.63, 3.8) is 0 Å². The Hall–Kier alpha value is -2.41. The fourth-order valence-electron chi connectivity index (χ4n) is 4.18. The number of benzene rings is 1. The number of nitrogens with one attached hydrogen (secondary N) is 1. The number of ether oxygens (including phenoxy) is 1. The van der Waals surface area contributed by atoms with Crippen LogP contribution >= 0.6 is 0 Å². The highest BCUT2D eigenvalue weighted by Crippen LogP contribution is 2.30. The first-order valence-electron chi connectivity index (χ1n) is 10.4. The fraction of sp³-hybridized carbons (Fsp3) is 0.591. The molecule has 0 radical (unpaired) electrons. The summed E-state index contributed by atoms with van der Waals surface area (Å²) in [7, 11) is 1.58. The summed E-state index contributed by atoms with van der Waals surface area (Å²) in [5.74, 6) is -0.185. The SMILES string of the molecule is COCCC(=O)NC1CCN(C(=O)C2CC(=O)N(C(C)c3ccccc3)C2)CC1. The lowest BCUT2D eigenvalue weighted by Crippen LogP contribution is -2.48. The van der Waals surface area contributed by atoms with E-state index in [0.717, 1.165) is 18.4 Å². The van der Waals surface area contributed by atoms with Gasteiger partial charge < -0.3 is 19.9 Å². The minimum absolute atomic E-state index is 0.0106. The van der Waals surface area contributed by atoms with Gasteiger partial charge in [0.2, 0.25) is 17.7 Å². The molecule has 0 aliphatic carbocycles. The molecule has 2 fully saturated rings. The number of carbonyl (C=O) groups excluding carboxylic acids is 3. The van der Waals surface area contributed by atoms with Gasteiger partial charge in [-0.3, -0.25) is 14.4 Å². The van der Waals surface area contributed by atoms with Crippen molar-refractivity contribution in [1.82, 2.24) is 15.1 Å². The monoisotopic (exact) mass is 401 g/mol. The van der Waals surface area contributed by atoms with E-state index in [1.807, 2.05) is 47.1 Å². The maximum atomic E-state index is 13.0. The summed E-state index contributed by atoms with van der Waals surface area (Å²) in [5, 5.41) is 3.01. The maximum absolute atomic E-state index is 13.0. The van der Waals surface area contributed by atoms with Gasteiger partial charge in [-0.05, 0) is 25.3 Å². The van der Waals surface area contributed by atoms with Crippen LogP contribution < -0.4 is 5.32 Å². The second-order valence-corrected chi connectivity index (χ2v) is 7.94. The van der Waals surface area contributed by atoms with Gasteiger partial charge in [0.25, 0.3) is 0 Å². The van der Waals surface area contributed by atoms with Gasteiger partial charge in [-0.2, -0.15) is 0 Å². The Bertz CT molecular complexity index is 716. The first kappa shape index (κ1) is 21.3. The van der Waals surface area contributed by atoms with E-state index < -0.39 is 0 Å². The van der Waals surface area contributed by atoms with Gasteiger partial charge >= 0.3 is 0 Å². The van der Waals surface area contributed by atoms with Crippen LogP contribution in [0, 0.1) is 5.92 Å². The minimum atomic E-state index is -0.276. The molecular weight excluding hydrogens is 370 g/mol. The number of amides is 3. The third-order valence-corrected chi connectivity index (χ3v) is 5.96. The third-order valence-electron chi connectivity index (χ3n) is 5.96. The van der Waals surface area contributed by atoms with E-state index in [1.54, 1.807) is 7.11 Å². The molecule has 0 aromatic heterocycles. The molecule has 2 atom stereocenters. The molecule has 1 N–H and O–H groups in total. The summed E-state index contributed by atoms with van der Waals surface area (Å²) in [6.45, 7) is 4.13. The van der Waals surface area contributed by atoms with E-state index in [-0.39, 0.29) is 42.1 Å². The molecule has 29 heavy (non-hydrogen) atoms. The van der Waals surface area contributed by atoms with Crippen molar-refractivity contribution in [2.24, 2.45) is 5.92 Å². The topological polar surface area (TPSA) is 79.0 Å². The number of hydrogen-bond acceptors (Lipinski definition) is 4. The smallest absolute Gasteiger partial charge is 0.227 e. The highest BCUT2D eigenvalue weighted by molar-refractivity contribution is 5.89. The summed E-state index contributed by atoms with van der Waals surface area (Å²) in [4.78, 5) is 41.0. The molecule has 3 amide bonds. The number of methoxy groups -OCH3 is 1. The zero-order valence-corrected chi connectivity index (χ0v) is 17.3. The molecule has 158 valence electrons. The number of likely N-dealkylation sites (tertiary alicyclic amines) is 2. The molecule has 1 aromatic carbocycles. The van der Waals surface area contributed by atoms with Gasteiger partial charge in [0.15, 0.2) is 0 Å². The quantitative estimate of drug-likeness (QED) is 0.755. The number of nitrogens with zero attached hydrogens (tertiary/aromatic N) is 2. The van der Waals surface area contributed by atoms with Crippen molar-refractivity contribution >= 4 is 17.7 Å². The summed E-state index contributed by atoms with van der Waals surface area (Å²) < 4.78 is 4.92. The molecule has 0 spiro atoms. The van der Waals surface area contributed by atoms with E-state index in [4.69, 9.17) is 4.74 Å². The lowest BCUT2D eigenvalue weighted by Gasteiger charge is -2.34. The van der Waals surface area contributed by atoms with Crippen LogP contribution in [0.3, 0.4) is 0 Å². The molecule has 0 bridgehead atoms. The van der Waals surface area contributed by atoms with E-state index in [1.165, 1.54) is 0 Å². The van der Waals surface area contributed by atoms with Crippen LogP contribution in [0.5, 0.6) is 0 Å². The molecule has 0 saturated carbocycles. The van der Waals surface area contributed by atoms with E-state index in [0.29, 0.717) is 32.7 Å². The Kier molecular flexibility index (Phi) is 7.25. The summed E-state index contributed by atoms with van der Waals surface area (Å²) in [6, 6.07) is 9.98. The standard InChI is InChI=1S/C22H31N3O4/c1-16(17-6-4-3-5-7-17)25-15-18(14-21(25)27)22(28)24-11-8-19(9-12-24)23-20(26)10-13-29-2/h3-7,16,18-19H,8-15H2,1-2H3,(H,23,26). The fourth-order valence-corrected chi connectivity index (χ4v) is 4.18. The van der Waals surface area contributed by atoms with Crippen LogP contribution in [-0.2, 0) is 19.1 Å². The Morgan fingerprint density at radius 2 is 1.90 bits per heavy atom. The lowest BCUT2D eigenvalue weighted by atomic mass is 10.0. The molecule has 2 heterocycles. The van der Waals surface area contributed by atoms with Gasteiger partial charge in [-0.15, -0.1) is 0 Å². The molecule has 2 aliphatic heterocycles. The number of piperidine rings is 1.